The highest BCUT2D eigenvalue weighted by Crippen LogP contribution is 2.05. The third-order valence-electron chi connectivity index (χ3n) is 2.37. The highest BCUT2D eigenvalue weighted by molar-refractivity contribution is 5.76. The van der Waals surface area contributed by atoms with Crippen LogP contribution in [0.4, 0.5) is 4.79 Å². The highest BCUT2D eigenvalue weighted by atomic mass is 16.6. The Morgan fingerprint density at radius 3 is 2.42 bits per heavy atom. The molecule has 1 rings (SSSR count). The molecule has 0 bridgehead atoms. The molecule has 0 aliphatic carbocycles. The summed E-state index contributed by atoms with van der Waals surface area (Å²) in [5.74, 6) is -0.860. The molecule has 0 saturated carbocycles. The molecule has 0 aromatic heterocycles. The van der Waals surface area contributed by atoms with E-state index in [-0.39, 0.29) is 19.1 Å². The lowest BCUT2D eigenvalue weighted by Crippen LogP contribution is -2.38. The van der Waals surface area contributed by atoms with Gasteiger partial charge in [0.05, 0.1) is 0 Å². The number of rotatable bonds is 6. The van der Waals surface area contributed by atoms with Crippen molar-refractivity contribution in [1.82, 2.24) is 4.90 Å². The van der Waals surface area contributed by atoms with Crippen LogP contribution in [0.2, 0.25) is 0 Å². The number of amides is 1. The Morgan fingerprint density at radius 1 is 1.26 bits per heavy atom. The van der Waals surface area contributed by atoms with Crippen LogP contribution in [0.1, 0.15) is 19.4 Å². The average molecular weight is 265 g/mol. The molecule has 1 amide bonds. The second-order valence-corrected chi connectivity index (χ2v) is 4.71. The Hall–Kier alpha value is -2.04. The Balaban J connectivity index is 2.54. The van der Waals surface area contributed by atoms with E-state index in [0.29, 0.717) is 6.54 Å². The monoisotopic (exact) mass is 265 g/mol. The molecule has 0 saturated heterocycles. The zero-order valence-corrected chi connectivity index (χ0v) is 11.2. The minimum Gasteiger partial charge on any atom is -0.480 e. The fourth-order valence-electron chi connectivity index (χ4n) is 1.62. The van der Waals surface area contributed by atoms with Crippen molar-refractivity contribution >= 4 is 12.1 Å². The number of hydrogen-bond acceptors (Lipinski definition) is 3. The lowest BCUT2D eigenvalue weighted by molar-refractivity contribution is -0.138. The van der Waals surface area contributed by atoms with Crippen molar-refractivity contribution in [2.24, 2.45) is 5.92 Å². The van der Waals surface area contributed by atoms with Gasteiger partial charge in [-0.2, -0.15) is 0 Å². The van der Waals surface area contributed by atoms with Crippen molar-refractivity contribution in [2.45, 2.75) is 20.5 Å². The summed E-state index contributed by atoms with van der Waals surface area (Å²) in [6.45, 7) is 4.00. The average Bonchev–Trinajstić information content (AvgIpc) is 2.35. The summed E-state index contributed by atoms with van der Waals surface area (Å²) in [6.07, 6.45) is -0.597. The van der Waals surface area contributed by atoms with Gasteiger partial charge in [0, 0.05) is 6.54 Å². The molecule has 0 heterocycles. The molecule has 0 spiro atoms. The summed E-state index contributed by atoms with van der Waals surface area (Å²) in [6, 6.07) is 9.27. The lowest BCUT2D eigenvalue weighted by Gasteiger charge is -2.22. The van der Waals surface area contributed by atoms with Crippen molar-refractivity contribution in [3.8, 4) is 0 Å². The van der Waals surface area contributed by atoms with Crippen molar-refractivity contribution in [1.29, 1.82) is 0 Å². The number of aliphatic carboxylic acids is 1. The molecular weight excluding hydrogens is 246 g/mol. The molecule has 5 nitrogen and oxygen atoms in total. The largest absolute Gasteiger partial charge is 0.480 e. The molecule has 0 radical (unpaired) electrons. The second-order valence-electron chi connectivity index (χ2n) is 4.71. The molecule has 1 aromatic carbocycles. The third-order valence-corrected chi connectivity index (χ3v) is 2.37. The van der Waals surface area contributed by atoms with Gasteiger partial charge in [0.15, 0.2) is 0 Å². The summed E-state index contributed by atoms with van der Waals surface area (Å²) >= 11 is 0. The Morgan fingerprint density at radius 2 is 1.89 bits per heavy atom. The summed E-state index contributed by atoms with van der Waals surface area (Å²) in [5, 5.41) is 8.78. The first kappa shape index (κ1) is 15.0. The van der Waals surface area contributed by atoms with Gasteiger partial charge in [0.1, 0.15) is 13.2 Å². The van der Waals surface area contributed by atoms with Crippen molar-refractivity contribution in [2.75, 3.05) is 13.1 Å². The minimum atomic E-state index is -1.04. The van der Waals surface area contributed by atoms with E-state index < -0.39 is 12.1 Å². The summed E-state index contributed by atoms with van der Waals surface area (Å²) < 4.78 is 5.12. The van der Waals surface area contributed by atoms with E-state index >= 15 is 0 Å². The first-order valence-corrected chi connectivity index (χ1v) is 6.16. The quantitative estimate of drug-likeness (QED) is 0.857. The molecule has 5 heteroatoms. The van der Waals surface area contributed by atoms with Crippen LogP contribution >= 0.6 is 0 Å². The van der Waals surface area contributed by atoms with Crippen LogP contribution < -0.4 is 0 Å². The van der Waals surface area contributed by atoms with Gasteiger partial charge in [0.2, 0.25) is 0 Å². The maximum atomic E-state index is 11.8. The van der Waals surface area contributed by atoms with Crippen LogP contribution in [0.3, 0.4) is 0 Å². The number of carboxylic acid groups (broad SMARTS) is 1. The molecule has 0 atom stereocenters. The number of nitrogens with zero attached hydrogens (tertiary/aromatic N) is 1. The van der Waals surface area contributed by atoms with Crippen molar-refractivity contribution in [3.63, 3.8) is 0 Å². The van der Waals surface area contributed by atoms with Gasteiger partial charge >= 0.3 is 12.1 Å². The van der Waals surface area contributed by atoms with Gasteiger partial charge in [-0.15, -0.1) is 0 Å². The third kappa shape index (κ3) is 5.90. The van der Waals surface area contributed by atoms with Crippen LogP contribution in [0, 0.1) is 5.92 Å². The summed E-state index contributed by atoms with van der Waals surface area (Å²) in [4.78, 5) is 23.8. The normalized spacial score (nSPS) is 10.3. The van der Waals surface area contributed by atoms with E-state index in [0.717, 1.165) is 5.56 Å². The predicted octanol–water partition coefficient (Wildman–Crippen LogP) is 2.37. The Bertz CT molecular complexity index is 417. The van der Waals surface area contributed by atoms with E-state index in [1.807, 2.05) is 44.2 Å². The first-order chi connectivity index (χ1) is 8.99. The molecule has 104 valence electrons. The smallest absolute Gasteiger partial charge is 0.410 e. The predicted molar refractivity (Wildman–Crippen MR) is 70.7 cm³/mol. The zero-order chi connectivity index (χ0) is 14.3. The van der Waals surface area contributed by atoms with Gasteiger partial charge < -0.3 is 9.84 Å². The summed E-state index contributed by atoms with van der Waals surface area (Å²) in [7, 11) is 0. The van der Waals surface area contributed by atoms with Crippen molar-refractivity contribution in [3.05, 3.63) is 35.9 Å². The fourth-order valence-corrected chi connectivity index (χ4v) is 1.62. The first-order valence-electron chi connectivity index (χ1n) is 6.16. The van der Waals surface area contributed by atoms with Gasteiger partial charge in [-0.3, -0.25) is 9.69 Å². The zero-order valence-electron chi connectivity index (χ0n) is 11.2. The Labute approximate surface area is 112 Å². The van der Waals surface area contributed by atoms with E-state index in [2.05, 4.69) is 0 Å². The number of carbonyl (C=O) groups excluding carboxylic acids is 1. The lowest BCUT2D eigenvalue weighted by atomic mass is 10.2. The van der Waals surface area contributed by atoms with E-state index in [9.17, 15) is 9.59 Å². The number of carboxylic acids is 1. The second kappa shape index (κ2) is 7.41. The highest BCUT2D eigenvalue weighted by Gasteiger charge is 2.19. The number of hydrogen-bond donors (Lipinski definition) is 1. The maximum absolute atomic E-state index is 11.8. The minimum absolute atomic E-state index is 0.147. The van der Waals surface area contributed by atoms with Gasteiger partial charge in [-0.05, 0) is 11.5 Å². The van der Waals surface area contributed by atoms with Crippen molar-refractivity contribution < 1.29 is 19.4 Å². The Kier molecular flexibility index (Phi) is 5.85. The molecule has 1 N–H and O–H groups in total. The molecular formula is C14H19NO4. The van der Waals surface area contributed by atoms with Gasteiger partial charge in [-0.25, -0.2) is 4.79 Å². The topological polar surface area (TPSA) is 66.8 Å². The number of benzene rings is 1. The van der Waals surface area contributed by atoms with Crippen LogP contribution in [0.15, 0.2) is 30.3 Å². The number of carbonyl (C=O) groups is 2. The SMILES string of the molecule is CC(C)CN(CC(=O)O)C(=O)OCc1ccccc1. The number of ether oxygens (including phenoxy) is 1. The molecule has 0 fully saturated rings. The molecule has 0 unspecified atom stereocenters. The fraction of sp³-hybridized carbons (Fsp3) is 0.429. The van der Waals surface area contributed by atoms with Crippen LogP contribution in [-0.4, -0.2) is 35.2 Å². The standard InChI is InChI=1S/C14H19NO4/c1-11(2)8-15(9-13(16)17)14(18)19-10-12-6-4-3-5-7-12/h3-7,11H,8-10H2,1-2H3,(H,16,17). The molecule has 19 heavy (non-hydrogen) atoms. The van der Waals surface area contributed by atoms with E-state index in [1.54, 1.807) is 0 Å². The van der Waals surface area contributed by atoms with E-state index in [4.69, 9.17) is 9.84 Å². The van der Waals surface area contributed by atoms with Crippen LogP contribution in [0.5, 0.6) is 0 Å². The van der Waals surface area contributed by atoms with Gasteiger partial charge in [0.25, 0.3) is 0 Å². The molecule has 1 aromatic rings. The molecule has 0 aliphatic heterocycles. The van der Waals surface area contributed by atoms with E-state index in [1.165, 1.54) is 4.90 Å². The van der Waals surface area contributed by atoms with Crippen LogP contribution in [0.25, 0.3) is 0 Å². The van der Waals surface area contributed by atoms with Gasteiger partial charge in [-0.1, -0.05) is 44.2 Å². The molecule has 0 aliphatic rings. The maximum Gasteiger partial charge on any atom is 0.410 e. The summed E-state index contributed by atoms with van der Waals surface area (Å²) in [5.41, 5.74) is 0.871. The van der Waals surface area contributed by atoms with Crippen LogP contribution in [-0.2, 0) is 16.1 Å².